The average molecular weight is 346 g/mol. The van der Waals surface area contributed by atoms with E-state index in [4.69, 9.17) is 0 Å². The van der Waals surface area contributed by atoms with Crippen LogP contribution >= 0.6 is 0 Å². The van der Waals surface area contributed by atoms with Gasteiger partial charge in [0.05, 0.1) is 5.75 Å². The molecule has 0 bridgehead atoms. The van der Waals surface area contributed by atoms with E-state index in [0.29, 0.717) is 5.69 Å². The molecule has 0 unspecified atom stereocenters. The maximum Gasteiger partial charge on any atom is 0.221 e. The minimum Gasteiger partial charge on any atom is -0.326 e. The molecule has 0 saturated heterocycles. The highest BCUT2D eigenvalue weighted by Gasteiger charge is 2.17. The molecular formula is C18H22N2O3S. The molecular weight excluding hydrogens is 324 g/mol. The van der Waals surface area contributed by atoms with Crippen molar-refractivity contribution in [3.8, 4) is 0 Å². The molecule has 0 spiro atoms. The van der Waals surface area contributed by atoms with E-state index in [2.05, 4.69) is 10.0 Å². The van der Waals surface area contributed by atoms with Crippen molar-refractivity contribution in [2.45, 2.75) is 32.6 Å². The first-order chi connectivity index (χ1) is 11.3. The van der Waals surface area contributed by atoms with Crippen LogP contribution in [0.1, 0.15) is 36.6 Å². The molecule has 2 rings (SSSR count). The molecule has 0 heterocycles. The van der Waals surface area contributed by atoms with Crippen LogP contribution in [-0.2, 0) is 20.6 Å². The van der Waals surface area contributed by atoms with Crippen LogP contribution in [0.4, 0.5) is 5.69 Å². The zero-order valence-electron chi connectivity index (χ0n) is 14.0. The Labute approximate surface area is 143 Å². The Hall–Kier alpha value is -2.18. The lowest BCUT2D eigenvalue weighted by Gasteiger charge is -2.16. The van der Waals surface area contributed by atoms with Crippen molar-refractivity contribution in [1.82, 2.24) is 4.72 Å². The molecule has 0 aromatic heterocycles. The molecule has 0 aliphatic rings. The maximum absolute atomic E-state index is 12.4. The number of nitrogens with one attached hydrogen (secondary N) is 2. The molecule has 128 valence electrons. The van der Waals surface area contributed by atoms with Crippen molar-refractivity contribution >= 4 is 21.6 Å². The lowest BCUT2D eigenvalue weighted by atomic mass is 10.1. The second-order valence-corrected chi connectivity index (χ2v) is 7.59. The number of rotatable bonds is 6. The van der Waals surface area contributed by atoms with E-state index < -0.39 is 16.1 Å². The van der Waals surface area contributed by atoms with Gasteiger partial charge in [-0.1, -0.05) is 36.4 Å². The Kier molecular flexibility index (Phi) is 5.75. The van der Waals surface area contributed by atoms with Gasteiger partial charge in [0, 0.05) is 18.7 Å². The van der Waals surface area contributed by atoms with Crippen molar-refractivity contribution in [2.24, 2.45) is 0 Å². The normalized spacial score (nSPS) is 12.6. The summed E-state index contributed by atoms with van der Waals surface area (Å²) in [6.07, 6.45) is 0. The second kappa shape index (κ2) is 7.59. The van der Waals surface area contributed by atoms with Crippen LogP contribution in [0.15, 0.2) is 48.5 Å². The molecule has 0 radical (unpaired) electrons. The summed E-state index contributed by atoms with van der Waals surface area (Å²) >= 11 is 0. The van der Waals surface area contributed by atoms with Gasteiger partial charge in [0.25, 0.3) is 0 Å². The van der Waals surface area contributed by atoms with Gasteiger partial charge in [0.2, 0.25) is 15.9 Å². The van der Waals surface area contributed by atoms with E-state index in [1.54, 1.807) is 25.1 Å². The molecule has 0 saturated carbocycles. The number of benzene rings is 2. The summed E-state index contributed by atoms with van der Waals surface area (Å²) < 4.78 is 27.5. The van der Waals surface area contributed by atoms with Gasteiger partial charge in [-0.2, -0.15) is 0 Å². The summed E-state index contributed by atoms with van der Waals surface area (Å²) in [6.45, 7) is 5.11. The maximum atomic E-state index is 12.4. The Balaban J connectivity index is 2.12. The molecule has 24 heavy (non-hydrogen) atoms. The van der Waals surface area contributed by atoms with E-state index >= 15 is 0 Å². The van der Waals surface area contributed by atoms with Crippen molar-refractivity contribution in [3.05, 3.63) is 65.2 Å². The highest BCUT2D eigenvalue weighted by molar-refractivity contribution is 7.88. The number of anilines is 1. The van der Waals surface area contributed by atoms with Gasteiger partial charge < -0.3 is 5.32 Å². The molecule has 0 fully saturated rings. The third kappa shape index (κ3) is 5.18. The fourth-order valence-electron chi connectivity index (χ4n) is 2.44. The molecule has 2 aromatic rings. The number of carbonyl (C=O) groups excluding carboxylic acids is 1. The third-order valence-electron chi connectivity index (χ3n) is 3.67. The fraction of sp³-hybridized carbons (Fsp3) is 0.278. The predicted molar refractivity (Wildman–Crippen MR) is 96.1 cm³/mol. The topological polar surface area (TPSA) is 75.3 Å². The summed E-state index contributed by atoms with van der Waals surface area (Å²) in [4.78, 5) is 11.1. The number of aryl methyl sites for hydroxylation is 1. The van der Waals surface area contributed by atoms with Gasteiger partial charge in [-0.3, -0.25) is 4.79 Å². The second-order valence-electron chi connectivity index (χ2n) is 5.83. The minimum absolute atomic E-state index is 0.0601. The van der Waals surface area contributed by atoms with Gasteiger partial charge >= 0.3 is 0 Å². The first kappa shape index (κ1) is 18.2. The monoisotopic (exact) mass is 346 g/mol. The van der Waals surface area contributed by atoms with Crippen LogP contribution in [0.5, 0.6) is 0 Å². The smallest absolute Gasteiger partial charge is 0.221 e. The number of hydrogen-bond donors (Lipinski definition) is 2. The summed E-state index contributed by atoms with van der Waals surface area (Å²) in [6, 6.07) is 14.2. The summed E-state index contributed by atoms with van der Waals surface area (Å²) in [7, 11) is -3.48. The molecule has 1 atom stereocenters. The standard InChI is InChI=1S/C18H22N2O3S/c1-13-7-4-5-8-17(13)12-24(22,23)20-14(2)16-9-6-10-18(11-16)19-15(3)21/h4-11,14,20H,12H2,1-3H3,(H,19,21)/t14-/m1/s1. The molecule has 0 aliphatic heterocycles. The van der Waals surface area contributed by atoms with Crippen LogP contribution < -0.4 is 10.0 Å². The quantitative estimate of drug-likeness (QED) is 0.844. The minimum atomic E-state index is -3.48. The summed E-state index contributed by atoms with van der Waals surface area (Å²) in [5.41, 5.74) is 3.16. The van der Waals surface area contributed by atoms with Crippen LogP contribution in [0, 0.1) is 6.92 Å². The summed E-state index contributed by atoms with van der Waals surface area (Å²) in [5.74, 6) is -0.227. The van der Waals surface area contributed by atoms with Crippen LogP contribution in [0.2, 0.25) is 0 Å². The van der Waals surface area contributed by atoms with Crippen LogP contribution in [0.3, 0.4) is 0 Å². The highest BCUT2D eigenvalue weighted by Crippen LogP contribution is 2.19. The zero-order chi connectivity index (χ0) is 17.7. The Morgan fingerprint density at radius 2 is 1.83 bits per heavy atom. The number of hydrogen-bond acceptors (Lipinski definition) is 3. The van der Waals surface area contributed by atoms with Crippen LogP contribution in [0.25, 0.3) is 0 Å². The van der Waals surface area contributed by atoms with E-state index in [-0.39, 0.29) is 11.7 Å². The van der Waals surface area contributed by atoms with E-state index in [0.717, 1.165) is 16.7 Å². The highest BCUT2D eigenvalue weighted by atomic mass is 32.2. The van der Waals surface area contributed by atoms with E-state index in [9.17, 15) is 13.2 Å². The van der Waals surface area contributed by atoms with Gasteiger partial charge in [0.15, 0.2) is 0 Å². The Bertz CT molecular complexity index is 832. The number of sulfonamides is 1. The molecule has 1 amide bonds. The zero-order valence-corrected chi connectivity index (χ0v) is 14.9. The fourth-order valence-corrected chi connectivity index (χ4v) is 3.94. The average Bonchev–Trinajstić information content (AvgIpc) is 2.48. The number of carbonyl (C=O) groups is 1. The van der Waals surface area contributed by atoms with Gasteiger partial charge in [-0.05, 0) is 42.7 Å². The van der Waals surface area contributed by atoms with Gasteiger partial charge in [0.1, 0.15) is 0 Å². The Morgan fingerprint density at radius 3 is 2.50 bits per heavy atom. The van der Waals surface area contributed by atoms with Crippen molar-refractivity contribution in [1.29, 1.82) is 0 Å². The SMILES string of the molecule is CC(=O)Nc1cccc([C@@H](C)NS(=O)(=O)Cc2ccccc2C)c1. The molecule has 5 nitrogen and oxygen atoms in total. The first-order valence-corrected chi connectivity index (χ1v) is 9.34. The number of amides is 1. The van der Waals surface area contributed by atoms with Crippen molar-refractivity contribution < 1.29 is 13.2 Å². The molecule has 0 aliphatic carbocycles. The van der Waals surface area contributed by atoms with E-state index in [1.807, 2.05) is 37.3 Å². The largest absolute Gasteiger partial charge is 0.326 e. The molecule has 2 N–H and O–H groups in total. The summed E-state index contributed by atoms with van der Waals surface area (Å²) in [5, 5.41) is 2.69. The first-order valence-electron chi connectivity index (χ1n) is 7.69. The van der Waals surface area contributed by atoms with Crippen molar-refractivity contribution in [3.63, 3.8) is 0 Å². The Morgan fingerprint density at radius 1 is 1.12 bits per heavy atom. The van der Waals surface area contributed by atoms with Crippen LogP contribution in [-0.4, -0.2) is 14.3 Å². The van der Waals surface area contributed by atoms with E-state index in [1.165, 1.54) is 6.92 Å². The van der Waals surface area contributed by atoms with Gasteiger partial charge in [-0.15, -0.1) is 0 Å². The molecule has 2 aromatic carbocycles. The molecule has 6 heteroatoms. The third-order valence-corrected chi connectivity index (χ3v) is 5.07. The van der Waals surface area contributed by atoms with Crippen molar-refractivity contribution in [2.75, 3.05) is 5.32 Å². The lowest BCUT2D eigenvalue weighted by Crippen LogP contribution is -2.28. The lowest BCUT2D eigenvalue weighted by molar-refractivity contribution is -0.114. The van der Waals surface area contributed by atoms with Gasteiger partial charge in [-0.25, -0.2) is 13.1 Å². The predicted octanol–water partition coefficient (Wildman–Crippen LogP) is 3.13.